The first kappa shape index (κ1) is 18.1. The summed E-state index contributed by atoms with van der Waals surface area (Å²) in [6.45, 7) is 9.97. The van der Waals surface area contributed by atoms with Crippen molar-refractivity contribution >= 4 is 8.25 Å². The van der Waals surface area contributed by atoms with Gasteiger partial charge in [0.15, 0.2) is 0 Å². The van der Waals surface area contributed by atoms with E-state index in [1.807, 2.05) is 27.7 Å². The first-order valence-corrected chi connectivity index (χ1v) is 7.77. The molecule has 18 heavy (non-hydrogen) atoms. The molecule has 0 radical (unpaired) electrons. The van der Waals surface area contributed by atoms with Crippen LogP contribution in [0.1, 0.15) is 40.5 Å². The standard InChI is InChI=1S/C12H27O5P/c1-11(2)14-7-5-9-16-18(13)17-10-6-8-15-12(3)4/h11-12,18H,5-10H2,1-4H3. The van der Waals surface area contributed by atoms with Crippen molar-refractivity contribution in [3.63, 3.8) is 0 Å². The molecule has 0 aliphatic rings. The fourth-order valence-corrected chi connectivity index (χ4v) is 1.81. The Hall–Kier alpha value is 0.0700. The molecule has 0 aromatic rings. The molecular formula is C12H27O5P. The maximum atomic E-state index is 11.3. The molecule has 0 N–H and O–H groups in total. The molecular weight excluding hydrogens is 255 g/mol. The first-order valence-electron chi connectivity index (χ1n) is 6.55. The van der Waals surface area contributed by atoms with Gasteiger partial charge in [-0.3, -0.25) is 4.57 Å². The van der Waals surface area contributed by atoms with E-state index in [9.17, 15) is 4.57 Å². The van der Waals surface area contributed by atoms with E-state index < -0.39 is 8.25 Å². The van der Waals surface area contributed by atoms with Gasteiger partial charge in [-0.1, -0.05) is 0 Å². The highest BCUT2D eigenvalue weighted by molar-refractivity contribution is 7.33. The van der Waals surface area contributed by atoms with Gasteiger partial charge in [-0.25, -0.2) is 0 Å². The third-order valence-electron chi connectivity index (χ3n) is 1.92. The zero-order chi connectivity index (χ0) is 13.8. The Morgan fingerprint density at radius 1 is 0.778 bits per heavy atom. The van der Waals surface area contributed by atoms with Gasteiger partial charge < -0.3 is 18.5 Å². The zero-order valence-corrected chi connectivity index (χ0v) is 12.9. The molecule has 110 valence electrons. The Balaban J connectivity index is 3.22. The van der Waals surface area contributed by atoms with Crippen LogP contribution in [0, 0.1) is 0 Å². The minimum Gasteiger partial charge on any atom is -0.379 e. The second-order valence-electron chi connectivity index (χ2n) is 4.49. The van der Waals surface area contributed by atoms with Crippen molar-refractivity contribution in [3.8, 4) is 0 Å². The van der Waals surface area contributed by atoms with Crippen molar-refractivity contribution in [1.29, 1.82) is 0 Å². The molecule has 6 heteroatoms. The molecule has 0 rings (SSSR count). The van der Waals surface area contributed by atoms with E-state index in [4.69, 9.17) is 18.5 Å². The lowest BCUT2D eigenvalue weighted by Crippen LogP contribution is -2.06. The third-order valence-corrected chi connectivity index (χ3v) is 2.80. The maximum absolute atomic E-state index is 11.3. The van der Waals surface area contributed by atoms with Gasteiger partial charge in [-0.05, 0) is 40.5 Å². The summed E-state index contributed by atoms with van der Waals surface area (Å²) in [5.41, 5.74) is 0. The second kappa shape index (κ2) is 12.1. The van der Waals surface area contributed by atoms with Crippen LogP contribution in [-0.2, 0) is 23.1 Å². The lowest BCUT2D eigenvalue weighted by Gasteiger charge is -2.09. The molecule has 0 amide bonds. The van der Waals surface area contributed by atoms with Gasteiger partial charge in [0, 0.05) is 13.2 Å². The van der Waals surface area contributed by atoms with Crippen LogP contribution in [0.25, 0.3) is 0 Å². The monoisotopic (exact) mass is 282 g/mol. The Morgan fingerprint density at radius 2 is 1.17 bits per heavy atom. The molecule has 0 unspecified atom stereocenters. The first-order chi connectivity index (χ1) is 8.52. The van der Waals surface area contributed by atoms with Gasteiger partial charge in [0.05, 0.1) is 25.4 Å². The van der Waals surface area contributed by atoms with Crippen LogP contribution in [0.3, 0.4) is 0 Å². The average Bonchev–Trinajstić information content (AvgIpc) is 2.27. The van der Waals surface area contributed by atoms with Gasteiger partial charge in [0.1, 0.15) is 0 Å². The van der Waals surface area contributed by atoms with Crippen LogP contribution in [0.2, 0.25) is 0 Å². The van der Waals surface area contributed by atoms with E-state index in [1.54, 1.807) is 0 Å². The molecule has 0 fully saturated rings. The number of rotatable bonds is 12. The third kappa shape index (κ3) is 14.1. The molecule has 0 aromatic heterocycles. The summed E-state index contributed by atoms with van der Waals surface area (Å²) in [7, 11) is -2.35. The Labute approximate surface area is 111 Å². The van der Waals surface area contributed by atoms with Crippen molar-refractivity contribution in [3.05, 3.63) is 0 Å². The van der Waals surface area contributed by atoms with Crippen molar-refractivity contribution in [2.45, 2.75) is 52.7 Å². The van der Waals surface area contributed by atoms with Crippen molar-refractivity contribution < 1.29 is 23.1 Å². The predicted molar refractivity (Wildman–Crippen MR) is 72.3 cm³/mol. The molecule has 0 bridgehead atoms. The topological polar surface area (TPSA) is 54.0 Å². The van der Waals surface area contributed by atoms with Gasteiger partial charge in [0.25, 0.3) is 0 Å². The molecule has 0 atom stereocenters. The van der Waals surface area contributed by atoms with E-state index in [0.717, 1.165) is 12.8 Å². The molecule has 0 heterocycles. The van der Waals surface area contributed by atoms with Crippen LogP contribution in [0.4, 0.5) is 0 Å². The molecule has 0 aromatic carbocycles. The molecule has 5 nitrogen and oxygen atoms in total. The fraction of sp³-hybridized carbons (Fsp3) is 1.00. The highest BCUT2D eigenvalue weighted by Crippen LogP contribution is 2.23. The Kier molecular flexibility index (Phi) is 12.2. The Bertz CT molecular complexity index is 189. The van der Waals surface area contributed by atoms with Crippen molar-refractivity contribution in [2.75, 3.05) is 26.4 Å². The minimum absolute atomic E-state index is 0.222. The highest BCUT2D eigenvalue weighted by Gasteiger charge is 2.01. The maximum Gasteiger partial charge on any atom is 0.319 e. The summed E-state index contributed by atoms with van der Waals surface area (Å²) in [5, 5.41) is 0. The summed E-state index contributed by atoms with van der Waals surface area (Å²) < 4.78 is 32.1. The number of ether oxygens (including phenoxy) is 2. The van der Waals surface area contributed by atoms with Gasteiger partial charge in [0.2, 0.25) is 0 Å². The summed E-state index contributed by atoms with van der Waals surface area (Å²) in [4.78, 5) is 0. The van der Waals surface area contributed by atoms with Crippen LogP contribution in [0.5, 0.6) is 0 Å². The second-order valence-corrected chi connectivity index (χ2v) is 5.57. The summed E-state index contributed by atoms with van der Waals surface area (Å²) in [5.74, 6) is 0. The Morgan fingerprint density at radius 3 is 1.50 bits per heavy atom. The van der Waals surface area contributed by atoms with Crippen molar-refractivity contribution in [2.24, 2.45) is 0 Å². The van der Waals surface area contributed by atoms with Crippen LogP contribution in [-0.4, -0.2) is 38.6 Å². The van der Waals surface area contributed by atoms with E-state index in [1.165, 1.54) is 0 Å². The smallest absolute Gasteiger partial charge is 0.319 e. The van der Waals surface area contributed by atoms with Gasteiger partial charge >= 0.3 is 8.25 Å². The quantitative estimate of drug-likeness (QED) is 0.407. The SMILES string of the molecule is CC(C)OCCCO[PH](=O)OCCCOC(C)C. The van der Waals surface area contributed by atoms with Crippen LogP contribution < -0.4 is 0 Å². The minimum atomic E-state index is -2.35. The van der Waals surface area contributed by atoms with Gasteiger partial charge in [-0.15, -0.1) is 0 Å². The van der Waals surface area contributed by atoms with Crippen molar-refractivity contribution in [1.82, 2.24) is 0 Å². The van der Waals surface area contributed by atoms with Crippen LogP contribution in [0.15, 0.2) is 0 Å². The highest BCUT2D eigenvalue weighted by atomic mass is 31.1. The summed E-state index contributed by atoms with van der Waals surface area (Å²) >= 11 is 0. The molecule has 0 saturated carbocycles. The lowest BCUT2D eigenvalue weighted by atomic mass is 10.4. The average molecular weight is 282 g/mol. The molecule has 0 saturated heterocycles. The van der Waals surface area contributed by atoms with E-state index in [2.05, 4.69) is 0 Å². The van der Waals surface area contributed by atoms with Gasteiger partial charge in [-0.2, -0.15) is 0 Å². The molecule has 0 aliphatic heterocycles. The zero-order valence-electron chi connectivity index (χ0n) is 11.9. The number of hydrogen-bond acceptors (Lipinski definition) is 5. The van der Waals surface area contributed by atoms with E-state index in [0.29, 0.717) is 26.4 Å². The lowest BCUT2D eigenvalue weighted by molar-refractivity contribution is 0.0644. The van der Waals surface area contributed by atoms with E-state index in [-0.39, 0.29) is 12.2 Å². The summed E-state index contributed by atoms with van der Waals surface area (Å²) in [6, 6.07) is 0. The fourth-order valence-electron chi connectivity index (χ4n) is 1.11. The van der Waals surface area contributed by atoms with Crippen LogP contribution >= 0.6 is 8.25 Å². The number of hydrogen-bond donors (Lipinski definition) is 0. The largest absolute Gasteiger partial charge is 0.379 e. The molecule has 0 spiro atoms. The normalized spacial score (nSPS) is 11.9. The van der Waals surface area contributed by atoms with E-state index >= 15 is 0 Å². The predicted octanol–water partition coefficient (Wildman–Crippen LogP) is 3.04. The molecule has 0 aliphatic carbocycles. The summed E-state index contributed by atoms with van der Waals surface area (Å²) in [6.07, 6.45) is 1.90.